The molecule has 5 nitrogen and oxygen atoms in total. The predicted molar refractivity (Wildman–Crippen MR) is 184 cm³/mol. The molecule has 0 saturated heterocycles. The van der Waals surface area contributed by atoms with E-state index in [1.807, 2.05) is 54.6 Å². The van der Waals surface area contributed by atoms with Gasteiger partial charge in [-0.2, -0.15) is 18.2 Å². The van der Waals surface area contributed by atoms with Crippen LogP contribution in [-0.2, 0) is 27.3 Å². The van der Waals surface area contributed by atoms with E-state index in [9.17, 15) is 0 Å². The van der Waals surface area contributed by atoms with Crippen molar-refractivity contribution in [2.75, 3.05) is 0 Å². The fraction of sp³-hybridized carbons (Fsp3) is 0. The van der Waals surface area contributed by atoms with Crippen LogP contribution in [0.15, 0.2) is 72.9 Å². The zero-order valence-corrected chi connectivity index (χ0v) is 31.8. The third-order valence-electron chi connectivity index (χ3n) is 4.56. The van der Waals surface area contributed by atoms with Crippen LogP contribution in [0, 0.1) is 6.20 Å². The molecule has 2 N–H and O–H groups in total. The Morgan fingerprint density at radius 3 is 1.31 bits per heavy atom. The van der Waals surface area contributed by atoms with Crippen molar-refractivity contribution >= 4 is 142 Å². The van der Waals surface area contributed by atoms with Crippen LogP contribution in [0.5, 0.6) is 0 Å². The monoisotopic (exact) mass is 1010 g/mol. The quantitative estimate of drug-likeness (QED) is 0.0922. The molecule has 0 aliphatic carbocycles. The average molecular weight is 1010 g/mol. The number of nitrogens with one attached hydrogen (secondary N) is 2. The minimum Gasteiger partial charge on any atom is -0.394 e. The normalized spacial score (nSPS) is 10.1. The number of aromatic amines is 2. The van der Waals surface area contributed by atoms with Crippen LogP contribution in [-0.4, -0.2) is 24.9 Å². The summed E-state index contributed by atoms with van der Waals surface area (Å²) in [6.07, 6.45) is 12.4. The van der Waals surface area contributed by atoms with Crippen LogP contribution in [0.2, 0.25) is 0 Å². The van der Waals surface area contributed by atoms with E-state index in [4.69, 9.17) is 0 Å². The minimum atomic E-state index is 0. The summed E-state index contributed by atoms with van der Waals surface area (Å²) in [7, 11) is 0. The first-order valence-corrected chi connectivity index (χ1v) is 9.62. The predicted octanol–water partition coefficient (Wildman–Crippen LogP) is 8.01. The number of nitrogens with zero attached hydrogens (tertiary/aromatic N) is 3. The molecule has 2 aliphatic heterocycles. The summed E-state index contributed by atoms with van der Waals surface area (Å²) in [6.45, 7) is 0. The van der Waals surface area contributed by atoms with Crippen molar-refractivity contribution in [1.82, 2.24) is 24.9 Å². The molecule has 0 aromatic carbocycles. The van der Waals surface area contributed by atoms with Crippen molar-refractivity contribution in [3.05, 3.63) is 102 Å². The molecule has 6 heterocycles. The molecule has 35 heavy (non-hydrogen) atoms. The summed E-state index contributed by atoms with van der Waals surface area (Å²) in [4.78, 5) is 19.7. The van der Waals surface area contributed by atoms with E-state index in [1.165, 1.54) is 0 Å². The van der Waals surface area contributed by atoms with E-state index in [-0.39, 0.29) is 123 Å². The second kappa shape index (κ2) is 17.2. The number of fused-ring (bicyclic) bond motifs is 8. The number of aromatic nitrogens is 5. The summed E-state index contributed by atoms with van der Waals surface area (Å²) in [5.41, 5.74) is 7.86. The topological polar surface area (TPSA) is 70.2 Å². The Kier molecular flexibility index (Phi) is 17.0. The average Bonchev–Trinajstić information content (AvgIpc) is 3.56. The molecule has 4 aromatic heterocycles. The minimum absolute atomic E-state index is 0. The molecule has 6 rings (SSSR count). The van der Waals surface area contributed by atoms with E-state index >= 15 is 0 Å². The van der Waals surface area contributed by atoms with E-state index in [0.717, 1.165) is 44.8 Å². The summed E-state index contributed by atoms with van der Waals surface area (Å²) in [6, 6.07) is 21.9. The molecule has 0 amide bonds. The first-order valence-electron chi connectivity index (χ1n) is 9.62. The Bertz CT molecular complexity index is 1300. The molecule has 10 heteroatoms. The first-order chi connectivity index (χ1) is 14.8. The van der Waals surface area contributed by atoms with Crippen molar-refractivity contribution < 1.29 is 27.3 Å². The number of hydrogen-bond donors (Lipinski definition) is 2. The Morgan fingerprint density at radius 2 is 0.971 bits per heavy atom. The largest absolute Gasteiger partial charge is 0.394 e. The zero-order chi connectivity index (χ0) is 20.2. The van der Waals surface area contributed by atoms with Crippen LogP contribution in [0.1, 0.15) is 22.8 Å². The summed E-state index contributed by atoms with van der Waals surface area (Å²) in [5.74, 6) is 0. The molecule has 2 aliphatic rings. The number of halogens is 4. The molecular weight excluding hydrogens is 990 g/mol. The van der Waals surface area contributed by atoms with E-state index < -0.39 is 0 Å². The van der Waals surface area contributed by atoms with Gasteiger partial charge in [0.05, 0.1) is 22.8 Å². The Hall–Kier alpha value is -0.408. The van der Waals surface area contributed by atoms with Gasteiger partial charge in [0.15, 0.2) is 0 Å². The standard InChI is InChI=1S/C20H14N4.C5H4N.Cd.4HI/c1-2-14-10-16-5-6-18(23-16)12-20-8-7-19(24-20)11-17-4-3-15(22-17)9-13(1)21-14;1-2-4-6-5-3-1;;;;;/h1-12,21-22H;1-4H;;4*1H/q;-1;;;;;. The summed E-state index contributed by atoms with van der Waals surface area (Å²) < 4.78 is 0. The van der Waals surface area contributed by atoms with Gasteiger partial charge in [-0.3, -0.25) is 0 Å². The molecule has 8 bridgehead atoms. The van der Waals surface area contributed by atoms with Crippen LogP contribution < -0.4 is 0 Å². The van der Waals surface area contributed by atoms with Gasteiger partial charge in [0, 0.05) is 49.4 Å². The molecule has 0 unspecified atom stereocenters. The summed E-state index contributed by atoms with van der Waals surface area (Å²) >= 11 is 0. The number of hydrogen-bond acceptors (Lipinski definition) is 3. The molecule has 0 atom stereocenters. The van der Waals surface area contributed by atoms with Crippen molar-refractivity contribution in [2.45, 2.75) is 0 Å². The van der Waals surface area contributed by atoms with Gasteiger partial charge in [-0.1, -0.05) is 12.4 Å². The molecule has 0 fully saturated rings. The maximum Gasteiger partial charge on any atom is 0.0659 e. The van der Waals surface area contributed by atoms with Gasteiger partial charge in [-0.15, -0.1) is 95.9 Å². The van der Waals surface area contributed by atoms with Crippen molar-refractivity contribution in [1.29, 1.82) is 0 Å². The van der Waals surface area contributed by atoms with Crippen LogP contribution in [0.3, 0.4) is 0 Å². The molecule has 178 valence electrons. The maximum absolute atomic E-state index is 4.62. The second-order valence-electron chi connectivity index (χ2n) is 6.86. The van der Waals surface area contributed by atoms with Gasteiger partial charge in [0.2, 0.25) is 0 Å². The van der Waals surface area contributed by atoms with Gasteiger partial charge in [0.25, 0.3) is 0 Å². The van der Waals surface area contributed by atoms with Gasteiger partial charge in [-0.25, -0.2) is 9.97 Å². The zero-order valence-electron chi connectivity index (χ0n) is 18.4. The Balaban J connectivity index is 0.000000936. The SMILES string of the molecule is C1=Cc2cc3ccc(cc4ccc(cc5nc(cc1n2)C=C5)[nH]4)[nH]3.I.I.I.I.[Cd].[c-]1ccccn1. The van der Waals surface area contributed by atoms with Crippen LogP contribution in [0.4, 0.5) is 0 Å². The van der Waals surface area contributed by atoms with Crippen molar-refractivity contribution in [3.8, 4) is 0 Å². The Morgan fingerprint density at radius 1 is 0.543 bits per heavy atom. The Labute approximate surface area is 292 Å². The number of H-pyrrole nitrogens is 2. The van der Waals surface area contributed by atoms with Gasteiger partial charge in [0.1, 0.15) is 0 Å². The van der Waals surface area contributed by atoms with Crippen LogP contribution in [0.25, 0.3) is 46.4 Å². The third-order valence-corrected chi connectivity index (χ3v) is 4.56. The third kappa shape index (κ3) is 10.1. The van der Waals surface area contributed by atoms with Gasteiger partial charge in [-0.05, 0) is 72.8 Å². The molecule has 0 saturated carbocycles. The van der Waals surface area contributed by atoms with Crippen molar-refractivity contribution in [3.63, 3.8) is 0 Å². The fourth-order valence-corrected chi connectivity index (χ4v) is 3.22. The smallest absolute Gasteiger partial charge is 0.0659 e. The van der Waals surface area contributed by atoms with Crippen molar-refractivity contribution in [2.24, 2.45) is 0 Å². The molecule has 0 radical (unpaired) electrons. The number of rotatable bonds is 0. The molecular formula is C25H22CdI4N5-. The summed E-state index contributed by atoms with van der Waals surface area (Å²) in [5, 5.41) is 0. The van der Waals surface area contributed by atoms with E-state index in [0.29, 0.717) is 0 Å². The maximum atomic E-state index is 4.62. The van der Waals surface area contributed by atoms with Crippen LogP contribution >= 0.6 is 95.9 Å². The first kappa shape index (κ1) is 34.6. The van der Waals surface area contributed by atoms with E-state index in [2.05, 4.69) is 61.4 Å². The molecule has 4 aromatic rings. The van der Waals surface area contributed by atoms with E-state index in [1.54, 1.807) is 12.3 Å². The van der Waals surface area contributed by atoms with Gasteiger partial charge >= 0.3 is 0 Å². The fourth-order valence-electron chi connectivity index (χ4n) is 3.22. The number of pyridine rings is 1. The second-order valence-corrected chi connectivity index (χ2v) is 6.86. The molecule has 0 spiro atoms. The van der Waals surface area contributed by atoms with Gasteiger partial charge < -0.3 is 15.0 Å².